The molecule has 0 N–H and O–H groups in total. The van der Waals surface area contributed by atoms with E-state index in [1.54, 1.807) is 30.3 Å². The summed E-state index contributed by atoms with van der Waals surface area (Å²) in [5.74, 6) is -1.08. The SMILES string of the molecule is Cc1ccc(S(=O)(=O)CC(=O)c2cc3ccccc3o2)cc1. The molecule has 22 heavy (non-hydrogen) atoms. The molecule has 0 spiro atoms. The average molecular weight is 314 g/mol. The molecule has 0 saturated heterocycles. The molecule has 1 aromatic heterocycles. The second-order valence-electron chi connectivity index (χ2n) is 5.14. The maximum Gasteiger partial charge on any atom is 0.213 e. The molecular formula is C17H14O4S. The number of ketones is 1. The monoisotopic (exact) mass is 314 g/mol. The van der Waals surface area contributed by atoms with Gasteiger partial charge in [0.2, 0.25) is 5.78 Å². The standard InChI is InChI=1S/C17H14O4S/c1-12-6-8-14(9-7-12)22(19,20)11-15(18)17-10-13-4-2-3-5-16(13)21-17/h2-10H,11H2,1H3. The zero-order chi connectivity index (χ0) is 15.7. The third-order valence-electron chi connectivity index (χ3n) is 3.40. The predicted molar refractivity (Wildman–Crippen MR) is 83.8 cm³/mol. The number of para-hydroxylation sites is 1. The molecule has 0 atom stereocenters. The number of hydrogen-bond donors (Lipinski definition) is 0. The Morgan fingerprint density at radius 2 is 1.73 bits per heavy atom. The third-order valence-corrected chi connectivity index (χ3v) is 5.03. The van der Waals surface area contributed by atoms with Gasteiger partial charge in [-0.05, 0) is 31.2 Å². The fourth-order valence-electron chi connectivity index (χ4n) is 2.19. The molecule has 3 aromatic rings. The first-order valence-electron chi connectivity index (χ1n) is 6.77. The molecule has 0 aliphatic heterocycles. The Kier molecular flexibility index (Phi) is 3.58. The van der Waals surface area contributed by atoms with Gasteiger partial charge in [0.1, 0.15) is 11.3 Å². The summed E-state index contributed by atoms with van der Waals surface area (Å²) >= 11 is 0. The smallest absolute Gasteiger partial charge is 0.213 e. The van der Waals surface area contributed by atoms with E-state index in [1.807, 2.05) is 19.1 Å². The molecule has 0 amide bonds. The van der Waals surface area contributed by atoms with E-state index in [4.69, 9.17) is 4.42 Å². The highest BCUT2D eigenvalue weighted by atomic mass is 32.2. The van der Waals surface area contributed by atoms with Gasteiger partial charge >= 0.3 is 0 Å². The summed E-state index contributed by atoms with van der Waals surface area (Å²) in [4.78, 5) is 12.3. The van der Waals surface area contributed by atoms with Gasteiger partial charge in [0.05, 0.1) is 4.90 Å². The minimum atomic E-state index is -3.67. The number of carbonyl (C=O) groups is 1. The van der Waals surface area contributed by atoms with E-state index < -0.39 is 21.4 Å². The number of Topliss-reactive ketones (excluding diaryl/α,β-unsaturated/α-hetero) is 1. The maximum atomic E-state index is 12.3. The maximum absolute atomic E-state index is 12.3. The van der Waals surface area contributed by atoms with Crippen molar-refractivity contribution < 1.29 is 17.6 Å². The first-order chi connectivity index (χ1) is 10.5. The predicted octanol–water partition coefficient (Wildman–Crippen LogP) is 3.40. The molecule has 0 radical (unpaired) electrons. The molecule has 112 valence electrons. The van der Waals surface area contributed by atoms with Crippen molar-refractivity contribution in [3.8, 4) is 0 Å². The van der Waals surface area contributed by atoms with E-state index in [2.05, 4.69) is 0 Å². The van der Waals surface area contributed by atoms with Crippen LogP contribution in [0.15, 0.2) is 63.9 Å². The summed E-state index contributed by atoms with van der Waals surface area (Å²) in [6, 6.07) is 15.2. The zero-order valence-electron chi connectivity index (χ0n) is 11.9. The van der Waals surface area contributed by atoms with Crippen LogP contribution < -0.4 is 0 Å². The van der Waals surface area contributed by atoms with E-state index in [9.17, 15) is 13.2 Å². The molecule has 1 heterocycles. The van der Waals surface area contributed by atoms with Crippen LogP contribution in [0.4, 0.5) is 0 Å². The Bertz CT molecular complexity index is 901. The van der Waals surface area contributed by atoms with E-state index in [0.717, 1.165) is 10.9 Å². The fourth-order valence-corrected chi connectivity index (χ4v) is 3.40. The van der Waals surface area contributed by atoms with Gasteiger partial charge in [-0.3, -0.25) is 4.79 Å². The topological polar surface area (TPSA) is 64.3 Å². The lowest BCUT2D eigenvalue weighted by atomic mass is 10.2. The van der Waals surface area contributed by atoms with Crippen molar-refractivity contribution in [3.63, 3.8) is 0 Å². The summed E-state index contributed by atoms with van der Waals surface area (Å²) in [6.07, 6.45) is 0. The number of benzene rings is 2. The van der Waals surface area contributed by atoms with Gasteiger partial charge in [-0.15, -0.1) is 0 Å². The van der Waals surface area contributed by atoms with Crippen LogP contribution >= 0.6 is 0 Å². The number of sulfone groups is 1. The van der Waals surface area contributed by atoms with Crippen LogP contribution in [0.2, 0.25) is 0 Å². The lowest BCUT2D eigenvalue weighted by molar-refractivity contribution is 0.0992. The Morgan fingerprint density at radius 1 is 1.05 bits per heavy atom. The molecule has 0 aliphatic rings. The van der Waals surface area contributed by atoms with Crippen molar-refractivity contribution in [1.29, 1.82) is 0 Å². The first kappa shape index (κ1) is 14.5. The fraction of sp³-hybridized carbons (Fsp3) is 0.118. The molecule has 2 aromatic carbocycles. The van der Waals surface area contributed by atoms with Crippen molar-refractivity contribution in [2.24, 2.45) is 0 Å². The lowest BCUT2D eigenvalue weighted by Gasteiger charge is -2.03. The minimum absolute atomic E-state index is 0.0666. The van der Waals surface area contributed by atoms with Gasteiger partial charge < -0.3 is 4.42 Å². The van der Waals surface area contributed by atoms with Gasteiger partial charge in [0, 0.05) is 5.39 Å². The van der Waals surface area contributed by atoms with Crippen LogP contribution in [0.5, 0.6) is 0 Å². The normalized spacial score (nSPS) is 11.7. The lowest BCUT2D eigenvalue weighted by Crippen LogP contribution is -2.16. The van der Waals surface area contributed by atoms with Crippen LogP contribution in [-0.2, 0) is 9.84 Å². The number of fused-ring (bicyclic) bond motifs is 1. The number of carbonyl (C=O) groups excluding carboxylic acids is 1. The number of hydrogen-bond acceptors (Lipinski definition) is 4. The van der Waals surface area contributed by atoms with Crippen LogP contribution in [-0.4, -0.2) is 20.0 Å². The molecular weight excluding hydrogens is 300 g/mol. The van der Waals surface area contributed by atoms with Gasteiger partial charge in [-0.2, -0.15) is 0 Å². The van der Waals surface area contributed by atoms with E-state index in [-0.39, 0.29) is 10.7 Å². The Hall–Kier alpha value is -2.40. The molecule has 5 heteroatoms. The quantitative estimate of drug-likeness (QED) is 0.692. The van der Waals surface area contributed by atoms with Crippen molar-refractivity contribution in [2.75, 3.05) is 5.75 Å². The highest BCUT2D eigenvalue weighted by Crippen LogP contribution is 2.21. The molecule has 0 fully saturated rings. The highest BCUT2D eigenvalue weighted by molar-refractivity contribution is 7.92. The summed E-state index contributed by atoms with van der Waals surface area (Å²) < 4.78 is 30.0. The van der Waals surface area contributed by atoms with Crippen molar-refractivity contribution in [1.82, 2.24) is 0 Å². The van der Waals surface area contributed by atoms with Gasteiger partial charge in [0.15, 0.2) is 15.6 Å². The van der Waals surface area contributed by atoms with Crippen molar-refractivity contribution >= 4 is 26.6 Å². The summed E-state index contributed by atoms with van der Waals surface area (Å²) in [5.41, 5.74) is 1.53. The molecule has 0 aliphatic carbocycles. The number of rotatable bonds is 4. The van der Waals surface area contributed by atoms with Crippen molar-refractivity contribution in [3.05, 3.63) is 65.9 Å². The van der Waals surface area contributed by atoms with Crippen LogP contribution in [0.3, 0.4) is 0 Å². The minimum Gasteiger partial charge on any atom is -0.453 e. The molecule has 0 bridgehead atoms. The largest absolute Gasteiger partial charge is 0.453 e. The van der Waals surface area contributed by atoms with Crippen LogP contribution in [0.25, 0.3) is 11.0 Å². The highest BCUT2D eigenvalue weighted by Gasteiger charge is 2.22. The zero-order valence-corrected chi connectivity index (χ0v) is 12.8. The van der Waals surface area contributed by atoms with Crippen LogP contribution in [0.1, 0.15) is 16.1 Å². The Labute approximate surface area is 128 Å². The van der Waals surface area contributed by atoms with E-state index >= 15 is 0 Å². The van der Waals surface area contributed by atoms with Crippen LogP contribution in [0, 0.1) is 6.92 Å². The third kappa shape index (κ3) is 2.80. The second kappa shape index (κ2) is 5.42. The second-order valence-corrected chi connectivity index (χ2v) is 7.13. The Balaban J connectivity index is 1.88. The average Bonchev–Trinajstić information content (AvgIpc) is 2.91. The molecule has 3 rings (SSSR count). The molecule has 4 nitrogen and oxygen atoms in total. The van der Waals surface area contributed by atoms with E-state index in [1.165, 1.54) is 12.1 Å². The molecule has 0 unspecified atom stereocenters. The summed E-state index contributed by atoms with van der Waals surface area (Å²) in [5, 5.41) is 0.776. The van der Waals surface area contributed by atoms with Gasteiger partial charge in [-0.25, -0.2) is 8.42 Å². The summed E-state index contributed by atoms with van der Waals surface area (Å²) in [7, 11) is -3.67. The van der Waals surface area contributed by atoms with E-state index in [0.29, 0.717) is 5.58 Å². The number of aryl methyl sites for hydroxylation is 1. The number of furan rings is 1. The molecule has 0 saturated carbocycles. The first-order valence-corrected chi connectivity index (χ1v) is 8.42. The van der Waals surface area contributed by atoms with Crippen molar-refractivity contribution in [2.45, 2.75) is 11.8 Å². The van der Waals surface area contributed by atoms with Gasteiger partial charge in [0.25, 0.3) is 0 Å². The summed E-state index contributed by atoms with van der Waals surface area (Å²) in [6.45, 7) is 1.87. The Morgan fingerprint density at radius 3 is 2.41 bits per heavy atom. The van der Waals surface area contributed by atoms with Gasteiger partial charge in [-0.1, -0.05) is 35.9 Å².